The predicted octanol–water partition coefficient (Wildman–Crippen LogP) is 20.4. The zero-order chi connectivity index (χ0) is 55.4. The molecule has 5 aromatic heterocycles. The van der Waals surface area contributed by atoms with E-state index < -0.39 is 0 Å². The van der Waals surface area contributed by atoms with Crippen LogP contribution in [-0.2, 0) is 0 Å². The van der Waals surface area contributed by atoms with Crippen LogP contribution in [0.1, 0.15) is 0 Å². The van der Waals surface area contributed by atoms with E-state index >= 15 is 0 Å². The van der Waals surface area contributed by atoms with Gasteiger partial charge in [-0.3, -0.25) is 0 Å². The van der Waals surface area contributed by atoms with Crippen LogP contribution in [0.5, 0.6) is 0 Å². The average Bonchev–Trinajstić information content (AvgIpc) is 1.60. The zero-order valence-corrected chi connectivity index (χ0v) is 44.9. The van der Waals surface area contributed by atoms with Crippen LogP contribution in [0.25, 0.3) is 171 Å². The van der Waals surface area contributed by atoms with Crippen LogP contribution in [0.3, 0.4) is 0 Å². The van der Waals surface area contributed by atoms with Crippen LogP contribution in [0.15, 0.2) is 276 Å². The van der Waals surface area contributed by atoms with E-state index in [4.69, 9.17) is 23.8 Å². The molecule has 0 aliphatic carbocycles. The Morgan fingerprint density at radius 2 is 0.702 bits per heavy atom. The molecule has 0 radical (unpaired) electrons. The highest BCUT2D eigenvalue weighted by molar-refractivity contribution is 6.27. The molecular weight excluding hydrogens is 1030 g/mol. The normalized spacial score (nSPS) is 11.8. The number of hydrogen-bond donors (Lipinski definition) is 0. The minimum Gasteiger partial charge on any atom is -0.455 e. The molecule has 0 spiro atoms. The third-order valence-corrected chi connectivity index (χ3v) is 16.6. The molecule has 0 fully saturated rings. The van der Waals surface area contributed by atoms with Gasteiger partial charge in [-0.2, -0.15) is 0 Å². The van der Waals surface area contributed by atoms with E-state index in [1.165, 1.54) is 0 Å². The maximum absolute atomic E-state index is 9.37. The summed E-state index contributed by atoms with van der Waals surface area (Å²) in [6, 6.07) is 92.3. The van der Waals surface area contributed by atoms with Crippen molar-refractivity contribution in [2.75, 3.05) is 0 Å². The van der Waals surface area contributed by atoms with Crippen LogP contribution in [0, 0.1) is 6.57 Å². The monoisotopic (exact) mass is 1070 g/mol. The predicted molar refractivity (Wildman–Crippen MR) is 342 cm³/mol. The van der Waals surface area contributed by atoms with E-state index in [9.17, 15) is 6.57 Å². The quantitative estimate of drug-likeness (QED) is 0.142. The van der Waals surface area contributed by atoms with Crippen LogP contribution in [0.4, 0.5) is 5.69 Å². The largest absolute Gasteiger partial charge is 0.455 e. The van der Waals surface area contributed by atoms with Gasteiger partial charge < -0.3 is 18.0 Å². The third kappa shape index (κ3) is 7.23. The van der Waals surface area contributed by atoms with Gasteiger partial charge in [-0.15, -0.1) is 0 Å². The average molecular weight is 1070 g/mol. The Balaban J connectivity index is 1.12. The van der Waals surface area contributed by atoms with E-state index in [-0.39, 0.29) is 0 Å². The lowest BCUT2D eigenvalue weighted by molar-refractivity contribution is 0.672. The summed E-state index contributed by atoms with van der Waals surface area (Å²) in [4.78, 5) is 20.8. The van der Waals surface area contributed by atoms with Crippen molar-refractivity contribution in [2.24, 2.45) is 0 Å². The molecule has 0 atom stereocenters. The number of furan rings is 2. The number of rotatable bonds is 8. The van der Waals surface area contributed by atoms with Gasteiger partial charge in [0.15, 0.2) is 23.2 Å². The number of benzene rings is 12. The number of fused-ring (bicyclic) bond motifs is 14. The van der Waals surface area contributed by atoms with Gasteiger partial charge in [0.2, 0.25) is 0 Å². The highest BCUT2D eigenvalue weighted by atomic mass is 16.3. The van der Waals surface area contributed by atoms with Gasteiger partial charge in [-0.1, -0.05) is 200 Å². The third-order valence-electron chi connectivity index (χ3n) is 16.6. The van der Waals surface area contributed by atoms with E-state index in [1.54, 1.807) is 0 Å². The van der Waals surface area contributed by atoms with Crippen LogP contribution in [-0.4, -0.2) is 24.1 Å². The highest BCUT2D eigenvalue weighted by Crippen LogP contribution is 2.52. The minimum absolute atomic E-state index is 0.399. The summed E-state index contributed by atoms with van der Waals surface area (Å²) in [5.74, 6) is 1.40. The standard InChI is InChI=1S/C76H44N6O2/c1-77-60-45-59(76-79-74(49-27-13-5-14-28-49)78-75(80-76)50-29-15-6-16-30-50)70(81-61-39-35-51(46-21-7-2-8-22-46)43-57(61)68-63(81)41-37-55-53-31-17-19-33-65(53)83-72(55)68)71(67(60)48-25-11-4-12-26-48)82-62-40-36-52(47-23-9-3-10-24-47)44-58(62)69-64(82)42-38-56-54-32-18-20-34-66(54)84-73(56)69/h2-45H. The lowest BCUT2D eigenvalue weighted by atomic mass is 9.95. The Kier molecular flexibility index (Phi) is 10.5. The Labute approximate surface area is 480 Å². The molecule has 0 aliphatic heterocycles. The lowest BCUT2D eigenvalue weighted by Gasteiger charge is -2.25. The molecule has 0 aliphatic rings. The van der Waals surface area contributed by atoms with Crippen molar-refractivity contribution in [3.05, 3.63) is 278 Å². The fourth-order valence-corrected chi connectivity index (χ4v) is 12.8. The lowest BCUT2D eigenvalue weighted by Crippen LogP contribution is -2.10. The SMILES string of the molecule is [C-]#[N+]c1cc(-c2nc(-c3ccccc3)nc(-c3ccccc3)n2)c(-n2c3ccc(-c4ccccc4)cc3c3c4oc5ccccc5c4ccc32)c(-n2c3ccc(-c4ccccc4)cc3c3c4oc5ccccc5c4ccc32)c1-c1ccccc1. The van der Waals surface area contributed by atoms with E-state index in [1.807, 2.05) is 109 Å². The highest BCUT2D eigenvalue weighted by Gasteiger charge is 2.32. The molecule has 8 nitrogen and oxygen atoms in total. The summed E-state index contributed by atoms with van der Waals surface area (Å²) in [7, 11) is 0. The van der Waals surface area contributed by atoms with Crippen molar-refractivity contribution in [1.29, 1.82) is 0 Å². The first-order valence-electron chi connectivity index (χ1n) is 28.0. The first-order chi connectivity index (χ1) is 41.6. The summed E-state index contributed by atoms with van der Waals surface area (Å²) in [5.41, 5.74) is 16.9. The summed E-state index contributed by atoms with van der Waals surface area (Å²) < 4.78 is 18.9. The van der Waals surface area contributed by atoms with Gasteiger partial charge in [-0.25, -0.2) is 19.8 Å². The van der Waals surface area contributed by atoms with Gasteiger partial charge in [-0.05, 0) is 94.5 Å². The summed E-state index contributed by atoms with van der Waals surface area (Å²) >= 11 is 0. The van der Waals surface area contributed by atoms with Crippen molar-refractivity contribution in [3.63, 3.8) is 0 Å². The minimum atomic E-state index is 0.399. The van der Waals surface area contributed by atoms with Crippen molar-refractivity contribution in [1.82, 2.24) is 24.1 Å². The fraction of sp³-hybridized carbons (Fsp3) is 0. The van der Waals surface area contributed by atoms with Gasteiger partial charge in [0.1, 0.15) is 22.3 Å². The smallest absolute Gasteiger partial charge is 0.197 e. The van der Waals surface area contributed by atoms with Crippen LogP contribution in [0.2, 0.25) is 0 Å². The van der Waals surface area contributed by atoms with Crippen LogP contribution < -0.4 is 0 Å². The Morgan fingerprint density at radius 1 is 0.310 bits per heavy atom. The van der Waals surface area contributed by atoms with E-state index in [0.717, 1.165) is 143 Å². The zero-order valence-electron chi connectivity index (χ0n) is 44.9. The molecule has 0 unspecified atom stereocenters. The maximum Gasteiger partial charge on any atom is 0.197 e. The molecule has 0 saturated carbocycles. The molecule has 84 heavy (non-hydrogen) atoms. The Hall–Kier alpha value is -11.7. The second-order valence-corrected chi connectivity index (χ2v) is 21.3. The molecule has 5 heterocycles. The molecule has 17 rings (SSSR count). The summed E-state index contributed by atoms with van der Waals surface area (Å²) in [6.07, 6.45) is 0. The molecule has 0 bridgehead atoms. The Bertz CT molecular complexity index is 5490. The number of aromatic nitrogens is 5. The van der Waals surface area contributed by atoms with Gasteiger partial charge >= 0.3 is 0 Å². The summed E-state index contributed by atoms with van der Waals surface area (Å²) in [5, 5.41) is 7.99. The van der Waals surface area contributed by atoms with Crippen molar-refractivity contribution in [3.8, 4) is 78.9 Å². The second-order valence-electron chi connectivity index (χ2n) is 21.3. The number of para-hydroxylation sites is 2. The molecular formula is C76H44N6O2. The first-order valence-corrected chi connectivity index (χ1v) is 28.0. The fourth-order valence-electron chi connectivity index (χ4n) is 12.8. The van der Waals surface area contributed by atoms with E-state index in [2.05, 4.69) is 172 Å². The van der Waals surface area contributed by atoms with Gasteiger partial charge in [0.05, 0.1) is 50.8 Å². The maximum atomic E-state index is 9.37. The van der Waals surface area contributed by atoms with Crippen molar-refractivity contribution < 1.29 is 8.83 Å². The van der Waals surface area contributed by atoms with Crippen LogP contribution >= 0.6 is 0 Å². The molecule has 0 amide bonds. The van der Waals surface area contributed by atoms with Gasteiger partial charge in [0.25, 0.3) is 0 Å². The molecule has 0 saturated heterocycles. The summed E-state index contributed by atoms with van der Waals surface area (Å²) in [6.45, 7) is 9.37. The number of nitrogens with zero attached hydrogens (tertiary/aromatic N) is 6. The Morgan fingerprint density at radius 3 is 1.17 bits per heavy atom. The van der Waals surface area contributed by atoms with Gasteiger partial charge in [0, 0.05) is 54.6 Å². The molecule has 390 valence electrons. The first kappa shape index (κ1) is 47.2. The molecule has 0 N–H and O–H groups in total. The second kappa shape index (κ2) is 18.7. The molecule has 8 heteroatoms. The van der Waals surface area contributed by atoms with Crippen molar-refractivity contribution in [2.45, 2.75) is 0 Å². The number of hydrogen-bond acceptors (Lipinski definition) is 5. The van der Waals surface area contributed by atoms with Crippen molar-refractivity contribution >= 4 is 93.2 Å². The van der Waals surface area contributed by atoms with E-state index in [0.29, 0.717) is 28.7 Å². The molecule has 17 aromatic rings. The molecule has 12 aromatic carbocycles. The topological polar surface area (TPSA) is 79.2 Å².